The number of amides is 1. The Hall–Kier alpha value is -2.35. The first-order valence-corrected chi connectivity index (χ1v) is 8.28. The molecule has 0 bridgehead atoms. The molecule has 1 saturated heterocycles. The van der Waals surface area contributed by atoms with E-state index in [1.54, 1.807) is 21.6 Å². The summed E-state index contributed by atoms with van der Waals surface area (Å²) in [5.41, 5.74) is 0.876. The maximum atomic E-state index is 12.5. The molecule has 0 saturated carbocycles. The van der Waals surface area contributed by atoms with Gasteiger partial charge in [0.1, 0.15) is 5.60 Å². The Morgan fingerprint density at radius 2 is 2.33 bits per heavy atom. The lowest BCUT2D eigenvalue weighted by molar-refractivity contribution is 0.00125. The minimum atomic E-state index is -0.500. The number of ether oxygens (including phenoxy) is 2. The lowest BCUT2D eigenvalue weighted by Crippen LogP contribution is -2.40. The van der Waals surface area contributed by atoms with E-state index in [1.807, 2.05) is 13.2 Å². The largest absolute Gasteiger partial charge is 0.478 e. The molecule has 0 radical (unpaired) electrons. The van der Waals surface area contributed by atoms with Gasteiger partial charge in [0.05, 0.1) is 19.3 Å². The number of aryl methyl sites for hydroxylation is 2. The maximum absolute atomic E-state index is 12.5. The SMILES string of the molecule is Cn1cc([C@]2(CNC(=O)c3cc4n(n3)CCCO4)CCCO2)cn1. The van der Waals surface area contributed by atoms with Crippen molar-refractivity contribution in [3.63, 3.8) is 0 Å². The third-order valence-electron chi connectivity index (χ3n) is 4.61. The summed E-state index contributed by atoms with van der Waals surface area (Å²) < 4.78 is 15.0. The van der Waals surface area contributed by atoms with Crippen LogP contribution in [-0.4, -0.2) is 45.2 Å². The first kappa shape index (κ1) is 15.2. The molecule has 8 heteroatoms. The number of carbonyl (C=O) groups is 1. The topological polar surface area (TPSA) is 83.2 Å². The minimum Gasteiger partial charge on any atom is -0.478 e. The molecule has 2 aliphatic heterocycles. The van der Waals surface area contributed by atoms with E-state index in [9.17, 15) is 4.79 Å². The van der Waals surface area contributed by atoms with Crippen molar-refractivity contribution in [3.8, 4) is 5.88 Å². The van der Waals surface area contributed by atoms with E-state index in [1.165, 1.54) is 0 Å². The molecule has 2 aromatic rings. The second kappa shape index (κ2) is 5.94. The van der Waals surface area contributed by atoms with Gasteiger partial charge in [-0.2, -0.15) is 10.2 Å². The number of aromatic nitrogens is 4. The monoisotopic (exact) mass is 331 g/mol. The number of nitrogens with zero attached hydrogens (tertiary/aromatic N) is 4. The van der Waals surface area contributed by atoms with Gasteiger partial charge in [-0.3, -0.25) is 9.48 Å². The third-order valence-corrected chi connectivity index (χ3v) is 4.61. The van der Waals surface area contributed by atoms with Gasteiger partial charge in [-0.15, -0.1) is 0 Å². The lowest BCUT2D eigenvalue weighted by Gasteiger charge is -2.27. The summed E-state index contributed by atoms with van der Waals surface area (Å²) >= 11 is 0. The van der Waals surface area contributed by atoms with Gasteiger partial charge in [0.2, 0.25) is 5.88 Å². The van der Waals surface area contributed by atoms with Gasteiger partial charge >= 0.3 is 0 Å². The average Bonchev–Trinajstić information content (AvgIpc) is 3.31. The van der Waals surface area contributed by atoms with Gasteiger partial charge in [-0.25, -0.2) is 4.68 Å². The van der Waals surface area contributed by atoms with E-state index in [2.05, 4.69) is 15.5 Å². The van der Waals surface area contributed by atoms with Crippen molar-refractivity contribution in [2.75, 3.05) is 19.8 Å². The Kier molecular flexibility index (Phi) is 3.76. The van der Waals surface area contributed by atoms with Crippen molar-refractivity contribution in [2.45, 2.75) is 31.4 Å². The average molecular weight is 331 g/mol. The summed E-state index contributed by atoms with van der Waals surface area (Å²) in [5, 5.41) is 11.5. The zero-order valence-corrected chi connectivity index (χ0v) is 13.7. The highest BCUT2D eigenvalue weighted by atomic mass is 16.5. The molecule has 0 unspecified atom stereocenters. The molecule has 8 nitrogen and oxygen atoms in total. The second-order valence-electron chi connectivity index (χ2n) is 6.32. The molecule has 2 aliphatic rings. The van der Waals surface area contributed by atoms with Crippen molar-refractivity contribution in [1.29, 1.82) is 0 Å². The third kappa shape index (κ3) is 2.66. The van der Waals surface area contributed by atoms with Crippen LogP contribution in [0.4, 0.5) is 0 Å². The van der Waals surface area contributed by atoms with Crippen LogP contribution in [0.25, 0.3) is 0 Å². The first-order chi connectivity index (χ1) is 11.7. The fraction of sp³-hybridized carbons (Fsp3) is 0.562. The van der Waals surface area contributed by atoms with Crippen molar-refractivity contribution >= 4 is 5.91 Å². The maximum Gasteiger partial charge on any atom is 0.272 e. The highest BCUT2D eigenvalue weighted by Crippen LogP contribution is 2.35. The van der Waals surface area contributed by atoms with Crippen molar-refractivity contribution < 1.29 is 14.3 Å². The Morgan fingerprint density at radius 3 is 3.04 bits per heavy atom. The minimum absolute atomic E-state index is 0.209. The fourth-order valence-corrected chi connectivity index (χ4v) is 3.31. The summed E-state index contributed by atoms with van der Waals surface area (Å²) in [6.45, 7) is 2.55. The number of hydrogen-bond acceptors (Lipinski definition) is 5. The normalized spacial score (nSPS) is 22.9. The molecule has 4 rings (SSSR count). The predicted octanol–water partition coefficient (Wildman–Crippen LogP) is 0.835. The first-order valence-electron chi connectivity index (χ1n) is 8.28. The van der Waals surface area contributed by atoms with E-state index in [-0.39, 0.29) is 5.91 Å². The molecular formula is C16H21N5O3. The molecule has 24 heavy (non-hydrogen) atoms. The number of carbonyl (C=O) groups excluding carboxylic acids is 1. The molecule has 1 atom stereocenters. The molecule has 1 N–H and O–H groups in total. The van der Waals surface area contributed by atoms with Gasteiger partial charge in [0.15, 0.2) is 5.69 Å². The van der Waals surface area contributed by atoms with Crippen LogP contribution in [0.1, 0.15) is 35.3 Å². The predicted molar refractivity (Wildman–Crippen MR) is 84.7 cm³/mol. The Bertz CT molecular complexity index is 721. The molecule has 0 aromatic carbocycles. The van der Waals surface area contributed by atoms with Crippen molar-refractivity contribution in [2.24, 2.45) is 7.05 Å². The summed E-state index contributed by atoms with van der Waals surface area (Å²) in [5.74, 6) is 0.449. The van der Waals surface area contributed by atoms with Gasteiger partial charge in [0.25, 0.3) is 5.91 Å². The number of nitrogens with one attached hydrogen (secondary N) is 1. The highest BCUT2D eigenvalue weighted by molar-refractivity contribution is 5.92. The van der Waals surface area contributed by atoms with E-state index in [0.717, 1.165) is 31.4 Å². The summed E-state index contributed by atoms with van der Waals surface area (Å²) in [7, 11) is 1.88. The van der Waals surface area contributed by atoms with Crippen LogP contribution in [0, 0.1) is 0 Å². The van der Waals surface area contributed by atoms with Gasteiger partial charge in [-0.05, 0) is 12.8 Å². The lowest BCUT2D eigenvalue weighted by atomic mass is 9.93. The molecule has 4 heterocycles. The van der Waals surface area contributed by atoms with Crippen LogP contribution < -0.4 is 10.1 Å². The van der Waals surface area contributed by atoms with Gasteiger partial charge in [0, 0.05) is 44.4 Å². The molecule has 2 aromatic heterocycles. The second-order valence-corrected chi connectivity index (χ2v) is 6.32. The number of hydrogen-bond donors (Lipinski definition) is 1. The molecule has 1 fully saturated rings. The number of fused-ring (bicyclic) bond motifs is 1. The van der Waals surface area contributed by atoms with Crippen molar-refractivity contribution in [3.05, 3.63) is 29.7 Å². The van der Waals surface area contributed by atoms with E-state index in [4.69, 9.17) is 9.47 Å². The molecule has 128 valence electrons. The Balaban J connectivity index is 1.48. The molecular weight excluding hydrogens is 310 g/mol. The Labute approximate surface area is 139 Å². The van der Waals surface area contributed by atoms with Gasteiger partial charge in [-0.1, -0.05) is 0 Å². The van der Waals surface area contributed by atoms with E-state index >= 15 is 0 Å². The van der Waals surface area contributed by atoms with Crippen LogP contribution in [0.3, 0.4) is 0 Å². The highest BCUT2D eigenvalue weighted by Gasteiger charge is 2.38. The standard InChI is InChI=1S/C16H21N5O3/c1-20-10-12(9-18-20)16(4-2-7-24-16)11-17-15(22)13-8-14-21(19-13)5-3-6-23-14/h8-10H,2-7,11H2,1H3,(H,17,22)/t16-/m1/s1. The van der Waals surface area contributed by atoms with Crippen LogP contribution in [0.15, 0.2) is 18.5 Å². The molecule has 0 aliphatic carbocycles. The zero-order chi connectivity index (χ0) is 16.6. The smallest absolute Gasteiger partial charge is 0.272 e. The fourth-order valence-electron chi connectivity index (χ4n) is 3.31. The molecule has 1 amide bonds. The summed E-state index contributed by atoms with van der Waals surface area (Å²) in [6, 6.07) is 1.70. The van der Waals surface area contributed by atoms with E-state index < -0.39 is 5.60 Å². The zero-order valence-electron chi connectivity index (χ0n) is 13.7. The van der Waals surface area contributed by atoms with Crippen LogP contribution in [0.5, 0.6) is 5.88 Å². The van der Waals surface area contributed by atoms with Crippen LogP contribution >= 0.6 is 0 Å². The quantitative estimate of drug-likeness (QED) is 0.897. The van der Waals surface area contributed by atoms with Crippen LogP contribution in [-0.2, 0) is 23.9 Å². The van der Waals surface area contributed by atoms with Gasteiger partial charge < -0.3 is 14.8 Å². The molecule has 0 spiro atoms. The van der Waals surface area contributed by atoms with Crippen molar-refractivity contribution in [1.82, 2.24) is 24.9 Å². The van der Waals surface area contributed by atoms with Crippen LogP contribution in [0.2, 0.25) is 0 Å². The van der Waals surface area contributed by atoms with E-state index in [0.29, 0.717) is 31.3 Å². The summed E-state index contributed by atoms with van der Waals surface area (Å²) in [4.78, 5) is 12.5. The Morgan fingerprint density at radius 1 is 1.42 bits per heavy atom. The number of rotatable bonds is 4. The summed E-state index contributed by atoms with van der Waals surface area (Å²) in [6.07, 6.45) is 6.49.